The maximum absolute atomic E-state index is 12.8. The lowest BCUT2D eigenvalue weighted by Crippen LogP contribution is -2.38. The lowest BCUT2D eigenvalue weighted by molar-refractivity contribution is 0.0150. The van der Waals surface area contributed by atoms with Gasteiger partial charge in [-0.15, -0.1) is 0 Å². The number of thiophene rings is 1. The number of carbonyl (C=O) groups excluding carboxylic acids is 2. The van der Waals surface area contributed by atoms with E-state index in [4.69, 9.17) is 16.4 Å². The van der Waals surface area contributed by atoms with Crippen LogP contribution in [0, 0.1) is 0 Å². The van der Waals surface area contributed by atoms with Gasteiger partial charge in [-0.3, -0.25) is 14.4 Å². The molecule has 0 radical (unpaired) electrons. The number of hydroxylamine groups is 1. The molecule has 0 saturated heterocycles. The lowest BCUT2D eigenvalue weighted by atomic mass is 9.98. The minimum atomic E-state index is -0.516. The molecule has 1 aliphatic rings. The Labute approximate surface area is 159 Å². The highest BCUT2D eigenvalue weighted by molar-refractivity contribution is 7.08. The first-order valence-electron chi connectivity index (χ1n) is 8.04. The Morgan fingerprint density at radius 3 is 2.54 bits per heavy atom. The Balaban J connectivity index is 1.64. The van der Waals surface area contributed by atoms with E-state index in [-0.39, 0.29) is 18.1 Å². The Hall–Kier alpha value is -2.47. The molecule has 2 aromatic carbocycles. The molecule has 0 bridgehead atoms. The summed E-state index contributed by atoms with van der Waals surface area (Å²) < 4.78 is 0. The van der Waals surface area contributed by atoms with Crippen LogP contribution in [0.5, 0.6) is 0 Å². The van der Waals surface area contributed by atoms with Gasteiger partial charge in [-0.05, 0) is 29.6 Å². The van der Waals surface area contributed by atoms with E-state index in [2.05, 4.69) is 0 Å². The van der Waals surface area contributed by atoms with Crippen molar-refractivity contribution in [3.63, 3.8) is 0 Å². The second-order valence-corrected chi connectivity index (χ2v) is 7.08. The molecule has 4 rings (SSSR count). The zero-order chi connectivity index (χ0) is 18.1. The maximum Gasteiger partial charge on any atom is 0.283 e. The quantitative estimate of drug-likeness (QED) is 0.574. The number of hydrogen-bond acceptors (Lipinski definition) is 4. The average molecular weight is 384 g/mol. The van der Waals surface area contributed by atoms with E-state index in [0.29, 0.717) is 21.8 Å². The SMILES string of the molecule is O=C(CC1ON(c2ccc(Cl)cc2)C(=O)c2cscc21)c1ccccc1. The number of ketones is 1. The lowest BCUT2D eigenvalue weighted by Gasteiger charge is -2.32. The third-order valence-electron chi connectivity index (χ3n) is 4.21. The number of amides is 1. The summed E-state index contributed by atoms with van der Waals surface area (Å²) >= 11 is 7.35. The van der Waals surface area contributed by atoms with E-state index in [1.165, 1.54) is 16.4 Å². The molecule has 2 heterocycles. The van der Waals surface area contributed by atoms with E-state index < -0.39 is 6.10 Å². The minimum absolute atomic E-state index is 0.0295. The molecule has 1 aliphatic heterocycles. The van der Waals surface area contributed by atoms with Crippen molar-refractivity contribution in [2.24, 2.45) is 0 Å². The molecule has 26 heavy (non-hydrogen) atoms. The van der Waals surface area contributed by atoms with E-state index in [1.807, 2.05) is 23.6 Å². The molecule has 0 saturated carbocycles. The second-order valence-electron chi connectivity index (χ2n) is 5.90. The summed E-state index contributed by atoms with van der Waals surface area (Å²) in [5.74, 6) is -0.273. The number of anilines is 1. The number of rotatable bonds is 4. The van der Waals surface area contributed by atoms with Crippen molar-refractivity contribution in [1.29, 1.82) is 0 Å². The van der Waals surface area contributed by atoms with Gasteiger partial charge in [-0.2, -0.15) is 16.4 Å². The predicted molar refractivity (Wildman–Crippen MR) is 102 cm³/mol. The van der Waals surface area contributed by atoms with Crippen LogP contribution in [0.25, 0.3) is 0 Å². The van der Waals surface area contributed by atoms with Crippen LogP contribution in [0.2, 0.25) is 5.02 Å². The van der Waals surface area contributed by atoms with Crippen LogP contribution in [-0.4, -0.2) is 11.7 Å². The number of hydrogen-bond donors (Lipinski definition) is 0. The normalized spacial score (nSPS) is 16.4. The Kier molecular flexibility index (Phi) is 4.59. The smallest absolute Gasteiger partial charge is 0.283 e. The first-order chi connectivity index (χ1) is 12.6. The third kappa shape index (κ3) is 3.17. The van der Waals surface area contributed by atoms with Crippen LogP contribution >= 0.6 is 22.9 Å². The molecule has 0 spiro atoms. The molecule has 1 amide bonds. The molecule has 1 aromatic heterocycles. The monoisotopic (exact) mass is 383 g/mol. The number of Topliss-reactive ketones (excluding diaryl/α,β-unsaturated/α-hetero) is 1. The van der Waals surface area contributed by atoms with Gasteiger partial charge in [0, 0.05) is 28.0 Å². The van der Waals surface area contributed by atoms with E-state index in [9.17, 15) is 9.59 Å². The highest BCUT2D eigenvalue weighted by atomic mass is 35.5. The van der Waals surface area contributed by atoms with Crippen LogP contribution in [0.1, 0.15) is 38.8 Å². The summed E-state index contributed by atoms with van der Waals surface area (Å²) in [6.45, 7) is 0. The largest absolute Gasteiger partial charge is 0.294 e. The summed E-state index contributed by atoms with van der Waals surface area (Å²) in [7, 11) is 0. The molecule has 6 heteroatoms. The fourth-order valence-electron chi connectivity index (χ4n) is 2.88. The molecule has 130 valence electrons. The van der Waals surface area contributed by atoms with E-state index in [1.54, 1.807) is 41.8 Å². The van der Waals surface area contributed by atoms with Gasteiger partial charge >= 0.3 is 0 Å². The number of halogens is 1. The highest BCUT2D eigenvalue weighted by Gasteiger charge is 2.35. The topological polar surface area (TPSA) is 46.6 Å². The van der Waals surface area contributed by atoms with Crippen molar-refractivity contribution >= 4 is 40.3 Å². The second kappa shape index (κ2) is 7.03. The van der Waals surface area contributed by atoms with E-state index >= 15 is 0 Å². The van der Waals surface area contributed by atoms with Crippen LogP contribution < -0.4 is 5.06 Å². The van der Waals surface area contributed by atoms with Gasteiger partial charge in [0.2, 0.25) is 0 Å². The molecule has 1 unspecified atom stereocenters. The van der Waals surface area contributed by atoms with Gasteiger partial charge in [-0.1, -0.05) is 41.9 Å². The zero-order valence-corrected chi connectivity index (χ0v) is 15.2. The van der Waals surface area contributed by atoms with Crippen LogP contribution in [0.3, 0.4) is 0 Å². The van der Waals surface area contributed by atoms with Crippen molar-refractivity contribution in [3.8, 4) is 0 Å². The van der Waals surface area contributed by atoms with Gasteiger partial charge < -0.3 is 0 Å². The molecular weight excluding hydrogens is 370 g/mol. The van der Waals surface area contributed by atoms with Crippen molar-refractivity contribution in [3.05, 3.63) is 87.1 Å². The van der Waals surface area contributed by atoms with Gasteiger partial charge in [0.1, 0.15) is 6.10 Å². The summed E-state index contributed by atoms with van der Waals surface area (Å²) in [6, 6.07) is 15.9. The summed E-state index contributed by atoms with van der Waals surface area (Å²) in [4.78, 5) is 31.3. The molecule has 1 atom stereocenters. The minimum Gasteiger partial charge on any atom is -0.294 e. The highest BCUT2D eigenvalue weighted by Crippen LogP contribution is 2.37. The summed E-state index contributed by atoms with van der Waals surface area (Å²) in [6.07, 6.45) is -0.359. The fraction of sp³-hybridized carbons (Fsp3) is 0.100. The molecule has 0 N–H and O–H groups in total. The average Bonchev–Trinajstić information content (AvgIpc) is 3.16. The Morgan fingerprint density at radius 1 is 1.08 bits per heavy atom. The Morgan fingerprint density at radius 2 is 1.81 bits per heavy atom. The first kappa shape index (κ1) is 17.0. The fourth-order valence-corrected chi connectivity index (χ4v) is 3.88. The summed E-state index contributed by atoms with van der Waals surface area (Å²) in [5, 5.41) is 5.48. The van der Waals surface area contributed by atoms with Crippen LogP contribution in [0.15, 0.2) is 65.4 Å². The standard InChI is InChI=1S/C20H14ClNO3S/c21-14-6-8-15(9-7-14)22-20(24)17-12-26-11-16(17)19(25-22)10-18(23)13-4-2-1-3-5-13/h1-9,11-12,19H,10H2. The molecule has 4 nitrogen and oxygen atoms in total. The van der Waals surface area contributed by atoms with Gasteiger partial charge in [0.05, 0.1) is 11.3 Å². The molecule has 3 aromatic rings. The Bertz CT molecular complexity index is 953. The van der Waals surface area contributed by atoms with Gasteiger partial charge in [0.15, 0.2) is 5.78 Å². The van der Waals surface area contributed by atoms with Gasteiger partial charge in [-0.25, -0.2) is 0 Å². The number of fused-ring (bicyclic) bond motifs is 1. The number of benzene rings is 2. The third-order valence-corrected chi connectivity index (χ3v) is 5.23. The summed E-state index contributed by atoms with van der Waals surface area (Å²) in [5.41, 5.74) is 2.53. The van der Waals surface area contributed by atoms with Crippen molar-refractivity contribution in [2.45, 2.75) is 12.5 Å². The number of nitrogens with zero attached hydrogens (tertiary/aromatic N) is 1. The maximum atomic E-state index is 12.8. The predicted octanol–water partition coefficient (Wildman–Crippen LogP) is 5.31. The molecule has 0 aliphatic carbocycles. The van der Waals surface area contributed by atoms with Crippen molar-refractivity contribution < 1.29 is 14.4 Å². The zero-order valence-electron chi connectivity index (χ0n) is 13.6. The van der Waals surface area contributed by atoms with Crippen molar-refractivity contribution in [2.75, 3.05) is 5.06 Å². The van der Waals surface area contributed by atoms with Crippen molar-refractivity contribution in [1.82, 2.24) is 0 Å². The van der Waals surface area contributed by atoms with Gasteiger partial charge in [0.25, 0.3) is 5.91 Å². The van der Waals surface area contributed by atoms with Crippen LogP contribution in [-0.2, 0) is 4.84 Å². The molecule has 0 fully saturated rings. The molecular formula is C20H14ClNO3S. The van der Waals surface area contributed by atoms with E-state index in [0.717, 1.165) is 5.56 Å². The van der Waals surface area contributed by atoms with Crippen LogP contribution in [0.4, 0.5) is 5.69 Å². The first-order valence-corrected chi connectivity index (χ1v) is 9.36. The number of carbonyl (C=O) groups is 2.